The molecule has 1 N–H and O–H groups in total. The molecular formula is C19H24N4O3. The molecule has 0 aliphatic carbocycles. The van der Waals surface area contributed by atoms with Gasteiger partial charge in [-0.15, -0.1) is 0 Å². The molecule has 3 rings (SSSR count). The van der Waals surface area contributed by atoms with Crippen LogP contribution in [-0.2, 0) is 11.8 Å². The highest BCUT2D eigenvalue weighted by Gasteiger charge is 2.37. The quantitative estimate of drug-likeness (QED) is 0.886. The lowest BCUT2D eigenvalue weighted by atomic mass is 9.88. The third kappa shape index (κ3) is 3.56. The maximum absolute atomic E-state index is 12.5. The molecule has 0 bridgehead atoms. The normalized spacial score (nSPS) is 20.1. The van der Waals surface area contributed by atoms with E-state index in [9.17, 15) is 9.59 Å². The second kappa shape index (κ2) is 7.59. The third-order valence-electron chi connectivity index (χ3n) is 4.97. The molecule has 1 aromatic carbocycles. The molecule has 2 atom stereocenters. The van der Waals surface area contributed by atoms with Crippen molar-refractivity contribution in [3.8, 4) is 5.75 Å². The van der Waals surface area contributed by atoms with Gasteiger partial charge in [-0.1, -0.05) is 6.07 Å². The predicted molar refractivity (Wildman–Crippen MR) is 96.8 cm³/mol. The first-order valence-corrected chi connectivity index (χ1v) is 8.66. The molecule has 2 aromatic rings. The number of carbonyl (C=O) groups is 2. The first-order valence-electron chi connectivity index (χ1n) is 8.66. The number of hydrogen-bond donors (Lipinski definition) is 1. The Bertz CT molecular complexity index is 802. The number of hydrogen-bond acceptors (Lipinski definition) is 4. The van der Waals surface area contributed by atoms with Gasteiger partial charge in [0.15, 0.2) is 0 Å². The average Bonchev–Trinajstić information content (AvgIpc) is 3.08. The van der Waals surface area contributed by atoms with Crippen LogP contribution in [0.3, 0.4) is 0 Å². The fourth-order valence-corrected chi connectivity index (χ4v) is 3.46. The Balaban J connectivity index is 1.73. The van der Waals surface area contributed by atoms with Crippen molar-refractivity contribution in [3.63, 3.8) is 0 Å². The summed E-state index contributed by atoms with van der Waals surface area (Å²) >= 11 is 0. The van der Waals surface area contributed by atoms with Crippen LogP contribution in [0.25, 0.3) is 0 Å². The molecule has 26 heavy (non-hydrogen) atoms. The van der Waals surface area contributed by atoms with Crippen LogP contribution in [0, 0.1) is 5.92 Å². The number of benzene rings is 1. The molecule has 7 heteroatoms. The molecule has 0 radical (unpaired) electrons. The van der Waals surface area contributed by atoms with E-state index in [-0.39, 0.29) is 23.8 Å². The minimum Gasteiger partial charge on any atom is -0.497 e. The van der Waals surface area contributed by atoms with Gasteiger partial charge in [-0.05, 0) is 24.6 Å². The van der Waals surface area contributed by atoms with Crippen molar-refractivity contribution in [3.05, 3.63) is 48.0 Å². The second-order valence-electron chi connectivity index (χ2n) is 6.59. The van der Waals surface area contributed by atoms with Crippen LogP contribution >= 0.6 is 0 Å². The van der Waals surface area contributed by atoms with E-state index in [1.54, 1.807) is 49.5 Å². The standard InChI is InChI=1S/C19H24N4O3/c1-22-10-9-20-18(22)17-14(7-8-16(24)23(17)2)12-21-19(25)13-5-4-6-15(11-13)26-3/h4-6,9-11,14,17H,7-8,12H2,1-3H3,(H,21,25)/t14-,17+/m1/s1. The van der Waals surface area contributed by atoms with Gasteiger partial charge < -0.3 is 19.5 Å². The third-order valence-corrected chi connectivity index (χ3v) is 4.97. The Labute approximate surface area is 153 Å². The van der Waals surface area contributed by atoms with Crippen molar-refractivity contribution in [1.82, 2.24) is 19.8 Å². The van der Waals surface area contributed by atoms with Gasteiger partial charge in [-0.25, -0.2) is 4.98 Å². The van der Waals surface area contributed by atoms with Gasteiger partial charge >= 0.3 is 0 Å². The Morgan fingerprint density at radius 2 is 2.19 bits per heavy atom. The fraction of sp³-hybridized carbons (Fsp3) is 0.421. The van der Waals surface area contributed by atoms with E-state index in [0.29, 0.717) is 24.3 Å². The van der Waals surface area contributed by atoms with Crippen molar-refractivity contribution in [1.29, 1.82) is 0 Å². The highest BCUT2D eigenvalue weighted by molar-refractivity contribution is 5.94. The van der Waals surface area contributed by atoms with E-state index in [2.05, 4.69) is 10.3 Å². The lowest BCUT2D eigenvalue weighted by Gasteiger charge is -2.38. The summed E-state index contributed by atoms with van der Waals surface area (Å²) in [5.74, 6) is 1.54. The molecule has 1 aliphatic rings. The van der Waals surface area contributed by atoms with Gasteiger partial charge in [0.25, 0.3) is 5.91 Å². The Morgan fingerprint density at radius 3 is 2.88 bits per heavy atom. The highest BCUT2D eigenvalue weighted by Crippen LogP contribution is 2.34. The number of imidazole rings is 1. The van der Waals surface area contributed by atoms with Crippen molar-refractivity contribution in [2.24, 2.45) is 13.0 Å². The van der Waals surface area contributed by atoms with Gasteiger partial charge in [-0.2, -0.15) is 0 Å². The summed E-state index contributed by atoms with van der Waals surface area (Å²) in [4.78, 5) is 30.8. The van der Waals surface area contributed by atoms with Crippen molar-refractivity contribution in [2.75, 3.05) is 20.7 Å². The zero-order valence-corrected chi connectivity index (χ0v) is 15.3. The summed E-state index contributed by atoms with van der Waals surface area (Å²) in [6.07, 6.45) is 4.80. The minimum atomic E-state index is -0.151. The Hall–Kier alpha value is -2.83. The van der Waals surface area contributed by atoms with Crippen LogP contribution in [0.1, 0.15) is 35.1 Å². The number of nitrogens with zero attached hydrogens (tertiary/aromatic N) is 3. The molecule has 2 heterocycles. The zero-order chi connectivity index (χ0) is 18.7. The van der Waals surface area contributed by atoms with Crippen molar-refractivity contribution >= 4 is 11.8 Å². The average molecular weight is 356 g/mol. The first kappa shape index (κ1) is 18.0. The predicted octanol–water partition coefficient (Wildman–Crippen LogP) is 1.77. The summed E-state index contributed by atoms with van der Waals surface area (Å²) in [6.45, 7) is 0.477. The summed E-state index contributed by atoms with van der Waals surface area (Å²) in [6, 6.07) is 6.90. The van der Waals surface area contributed by atoms with Crippen LogP contribution < -0.4 is 10.1 Å². The Kier molecular flexibility index (Phi) is 5.25. The highest BCUT2D eigenvalue weighted by atomic mass is 16.5. The van der Waals surface area contributed by atoms with Crippen LogP contribution in [0.4, 0.5) is 0 Å². The Morgan fingerprint density at radius 1 is 1.38 bits per heavy atom. The number of ether oxygens (including phenoxy) is 1. The van der Waals surface area contributed by atoms with Crippen LogP contribution in [0.15, 0.2) is 36.7 Å². The maximum Gasteiger partial charge on any atom is 0.251 e. The van der Waals surface area contributed by atoms with E-state index < -0.39 is 0 Å². The van der Waals surface area contributed by atoms with E-state index in [4.69, 9.17) is 4.74 Å². The van der Waals surface area contributed by atoms with E-state index in [1.165, 1.54) is 0 Å². The van der Waals surface area contributed by atoms with Gasteiger partial charge in [0, 0.05) is 50.9 Å². The molecule has 1 aliphatic heterocycles. The van der Waals surface area contributed by atoms with Gasteiger partial charge in [0.1, 0.15) is 11.6 Å². The van der Waals surface area contributed by atoms with E-state index in [0.717, 1.165) is 12.2 Å². The number of amides is 2. The number of aromatic nitrogens is 2. The molecule has 138 valence electrons. The second-order valence-corrected chi connectivity index (χ2v) is 6.59. The molecule has 0 unspecified atom stereocenters. The molecule has 2 amide bonds. The number of carbonyl (C=O) groups excluding carboxylic acids is 2. The van der Waals surface area contributed by atoms with Crippen LogP contribution in [0.2, 0.25) is 0 Å². The summed E-state index contributed by atoms with van der Waals surface area (Å²) in [5, 5.41) is 3.00. The monoisotopic (exact) mass is 356 g/mol. The van der Waals surface area contributed by atoms with E-state index in [1.807, 2.05) is 17.8 Å². The number of aryl methyl sites for hydroxylation is 1. The lowest BCUT2D eigenvalue weighted by molar-refractivity contribution is -0.137. The van der Waals surface area contributed by atoms with Gasteiger partial charge in [0.2, 0.25) is 5.91 Å². The molecule has 1 saturated heterocycles. The SMILES string of the molecule is COc1cccc(C(=O)NC[C@H]2CCC(=O)N(C)[C@@H]2c2nccn2C)c1. The van der Waals surface area contributed by atoms with Crippen molar-refractivity contribution in [2.45, 2.75) is 18.9 Å². The molecule has 1 fully saturated rings. The smallest absolute Gasteiger partial charge is 0.251 e. The minimum absolute atomic E-state index is 0.105. The molecular weight excluding hydrogens is 332 g/mol. The first-order chi connectivity index (χ1) is 12.5. The molecule has 1 aromatic heterocycles. The number of nitrogens with one attached hydrogen (secondary N) is 1. The van der Waals surface area contributed by atoms with Crippen LogP contribution in [-0.4, -0.2) is 47.0 Å². The molecule has 7 nitrogen and oxygen atoms in total. The topological polar surface area (TPSA) is 76.5 Å². The van der Waals surface area contributed by atoms with Crippen LogP contribution in [0.5, 0.6) is 5.75 Å². The summed E-state index contributed by atoms with van der Waals surface area (Å²) in [7, 11) is 5.29. The molecule has 0 saturated carbocycles. The largest absolute Gasteiger partial charge is 0.497 e. The maximum atomic E-state index is 12.5. The van der Waals surface area contributed by atoms with Crippen molar-refractivity contribution < 1.29 is 14.3 Å². The number of methoxy groups -OCH3 is 1. The molecule has 0 spiro atoms. The zero-order valence-electron chi connectivity index (χ0n) is 15.3. The summed E-state index contributed by atoms with van der Waals surface area (Å²) in [5.41, 5.74) is 0.554. The van der Waals surface area contributed by atoms with Gasteiger partial charge in [-0.3, -0.25) is 9.59 Å². The number of piperidine rings is 1. The fourth-order valence-electron chi connectivity index (χ4n) is 3.46. The number of rotatable bonds is 5. The van der Waals surface area contributed by atoms with Gasteiger partial charge in [0.05, 0.1) is 13.2 Å². The summed E-state index contributed by atoms with van der Waals surface area (Å²) < 4.78 is 7.10. The number of likely N-dealkylation sites (tertiary alicyclic amines) is 1. The lowest BCUT2D eigenvalue weighted by Crippen LogP contribution is -2.45. The van der Waals surface area contributed by atoms with E-state index >= 15 is 0 Å².